The van der Waals surface area contributed by atoms with E-state index in [4.69, 9.17) is 18.9 Å². The van der Waals surface area contributed by atoms with E-state index in [0.717, 1.165) is 12.8 Å². The summed E-state index contributed by atoms with van der Waals surface area (Å²) in [5.74, 6) is -3.94. The standard InChI is InChI=1S/C42H65F3N2O10/c1-7-32(49)29(4)37-33(54-37)26-40(5,53)19-12-13-27(2)36-28(3)16-17-34(41(6,57-38(51)42(43,44)45)20-18-31(48)25-35(50)56-36)55-39(52)47-23-21-46(22-24-47)30-14-10-8-9-11-15-30/h12-13,16-17,19,28-34,36-37,48-49,53H,7-11,14-15,18,20-26H2,1-6H3/b17-16+,19-12+,27-13+/t28-,29+,31+,32-,33+,34-,36+,37+,40-,41+/m0/s1. The molecular formula is C42H65F3N2O10. The molecule has 0 aromatic carbocycles. The van der Waals surface area contributed by atoms with E-state index in [0.29, 0.717) is 50.6 Å². The zero-order valence-corrected chi connectivity index (χ0v) is 34.4. The van der Waals surface area contributed by atoms with Crippen LogP contribution in [0.25, 0.3) is 0 Å². The first-order valence-corrected chi connectivity index (χ1v) is 20.7. The number of allylic oxidation sites excluding steroid dienone is 2. The van der Waals surface area contributed by atoms with E-state index >= 15 is 0 Å². The summed E-state index contributed by atoms with van der Waals surface area (Å²) in [6, 6.07) is 0.446. The first-order chi connectivity index (χ1) is 26.7. The van der Waals surface area contributed by atoms with Gasteiger partial charge in [0.05, 0.1) is 36.4 Å². The van der Waals surface area contributed by atoms with Gasteiger partial charge in [-0.2, -0.15) is 13.2 Å². The Morgan fingerprint density at radius 1 is 1.09 bits per heavy atom. The molecule has 0 aromatic heterocycles. The number of halogens is 3. The number of hydrogen-bond acceptors (Lipinski definition) is 11. The van der Waals surface area contributed by atoms with Crippen molar-refractivity contribution in [2.75, 3.05) is 26.2 Å². The highest BCUT2D eigenvalue weighted by Crippen LogP contribution is 2.38. The van der Waals surface area contributed by atoms with Crippen LogP contribution in [-0.4, -0.2) is 129 Å². The van der Waals surface area contributed by atoms with Crippen molar-refractivity contribution in [1.29, 1.82) is 0 Å². The molecule has 0 spiro atoms. The van der Waals surface area contributed by atoms with Crippen molar-refractivity contribution >= 4 is 18.0 Å². The summed E-state index contributed by atoms with van der Waals surface area (Å²) in [5, 5.41) is 32.1. The fourth-order valence-corrected chi connectivity index (χ4v) is 8.25. The van der Waals surface area contributed by atoms with Crippen LogP contribution in [-0.2, 0) is 28.5 Å². The van der Waals surface area contributed by atoms with Gasteiger partial charge < -0.3 is 39.2 Å². The molecule has 12 nitrogen and oxygen atoms in total. The van der Waals surface area contributed by atoms with Crippen molar-refractivity contribution in [2.24, 2.45) is 11.8 Å². The molecule has 1 saturated carbocycles. The van der Waals surface area contributed by atoms with Gasteiger partial charge in [-0.05, 0) is 64.5 Å². The highest BCUT2D eigenvalue weighted by molar-refractivity contribution is 5.76. The van der Waals surface area contributed by atoms with Crippen LogP contribution in [0.1, 0.15) is 112 Å². The number of nitrogens with zero attached hydrogens (tertiary/aromatic N) is 2. The maximum Gasteiger partial charge on any atom is 0.490 e. The van der Waals surface area contributed by atoms with E-state index in [-0.39, 0.29) is 31.0 Å². The third-order valence-corrected chi connectivity index (χ3v) is 12.0. The molecule has 3 fully saturated rings. The monoisotopic (exact) mass is 814 g/mol. The third-order valence-electron chi connectivity index (χ3n) is 12.0. The second kappa shape index (κ2) is 20.3. The molecule has 0 unspecified atom stereocenters. The Bertz CT molecular complexity index is 1440. The number of alkyl halides is 3. The number of aliphatic hydroxyl groups excluding tert-OH is 2. The van der Waals surface area contributed by atoms with E-state index < -0.39 is 72.2 Å². The molecule has 1 amide bonds. The smallest absolute Gasteiger partial charge is 0.457 e. The number of carbonyl (C=O) groups excluding carboxylic acids is 3. The normalized spacial score (nSPS) is 33.2. The molecule has 0 aromatic rings. The number of hydrogen-bond donors (Lipinski definition) is 3. The molecule has 3 aliphatic heterocycles. The minimum Gasteiger partial charge on any atom is -0.457 e. The number of esters is 2. The van der Waals surface area contributed by atoms with Gasteiger partial charge in [0.15, 0.2) is 11.7 Å². The molecule has 3 N–H and O–H groups in total. The van der Waals surface area contributed by atoms with Crippen LogP contribution in [0.2, 0.25) is 0 Å². The van der Waals surface area contributed by atoms with Gasteiger partial charge in [-0.15, -0.1) is 0 Å². The zero-order chi connectivity index (χ0) is 42.1. The summed E-state index contributed by atoms with van der Waals surface area (Å²) >= 11 is 0. The van der Waals surface area contributed by atoms with Crippen molar-refractivity contribution in [3.8, 4) is 0 Å². The summed E-state index contributed by atoms with van der Waals surface area (Å²) in [6.45, 7) is 12.1. The first kappa shape index (κ1) is 46.7. The van der Waals surface area contributed by atoms with Crippen molar-refractivity contribution in [3.05, 3.63) is 36.0 Å². The van der Waals surface area contributed by atoms with Crippen molar-refractivity contribution in [1.82, 2.24) is 9.80 Å². The summed E-state index contributed by atoms with van der Waals surface area (Å²) in [6.07, 6.45) is 3.74. The van der Waals surface area contributed by atoms with Gasteiger partial charge in [-0.3, -0.25) is 9.69 Å². The summed E-state index contributed by atoms with van der Waals surface area (Å²) in [7, 11) is 0. The Morgan fingerprint density at radius 2 is 1.74 bits per heavy atom. The first-order valence-electron chi connectivity index (χ1n) is 20.7. The van der Waals surface area contributed by atoms with Crippen LogP contribution in [0.15, 0.2) is 36.0 Å². The van der Waals surface area contributed by atoms with Crippen LogP contribution in [0, 0.1) is 11.8 Å². The fourth-order valence-electron chi connectivity index (χ4n) is 8.25. The van der Waals surface area contributed by atoms with Crippen LogP contribution in [0.3, 0.4) is 0 Å². The van der Waals surface area contributed by atoms with Gasteiger partial charge in [0.1, 0.15) is 6.10 Å². The minimum absolute atomic E-state index is 0.0743. The molecule has 4 rings (SSSR count). The van der Waals surface area contributed by atoms with Gasteiger partial charge in [-0.1, -0.05) is 70.8 Å². The van der Waals surface area contributed by atoms with Gasteiger partial charge in [0.2, 0.25) is 0 Å². The topological polar surface area (TPSA) is 159 Å². The molecule has 57 heavy (non-hydrogen) atoms. The second-order valence-electron chi connectivity index (χ2n) is 17.0. The number of ether oxygens (including phenoxy) is 4. The largest absolute Gasteiger partial charge is 0.490 e. The molecule has 10 atom stereocenters. The molecule has 0 radical (unpaired) electrons. The molecular weight excluding hydrogens is 749 g/mol. The average Bonchev–Trinajstić information content (AvgIpc) is 3.96. The lowest BCUT2D eigenvalue weighted by atomic mass is 9.88. The Kier molecular flexibility index (Phi) is 16.7. The fraction of sp³-hybridized carbons (Fsp3) is 0.786. The number of aliphatic hydroxyl groups is 3. The third kappa shape index (κ3) is 13.8. The van der Waals surface area contributed by atoms with E-state index in [1.165, 1.54) is 43.6 Å². The lowest BCUT2D eigenvalue weighted by Crippen LogP contribution is -2.54. The van der Waals surface area contributed by atoms with Crippen molar-refractivity contribution in [2.45, 2.75) is 172 Å². The summed E-state index contributed by atoms with van der Waals surface area (Å²) in [4.78, 5) is 42.9. The number of carbonyl (C=O) groups is 3. The predicted molar refractivity (Wildman–Crippen MR) is 206 cm³/mol. The SMILES string of the molecule is CC[C@H](O)[C@@H](C)[C@H]1O[C@@H]1C[C@@](C)(O)/C=C/C=C(\C)[C@H]1OC(=O)C[C@H](O)CC[C@@](C)(OC(=O)C(F)(F)F)[C@@H](OC(=O)N2CCN(C3CCCCCC3)CC2)/C=C/[C@@H]1C. The van der Waals surface area contributed by atoms with Gasteiger partial charge >= 0.3 is 24.2 Å². The molecule has 4 aliphatic rings. The molecule has 2 saturated heterocycles. The number of amides is 1. The number of epoxide rings is 1. The van der Waals surface area contributed by atoms with Gasteiger partial charge in [0.25, 0.3) is 0 Å². The number of rotatable bonds is 11. The van der Waals surface area contributed by atoms with Crippen molar-refractivity contribution in [3.63, 3.8) is 0 Å². The maximum atomic E-state index is 13.7. The zero-order valence-electron chi connectivity index (χ0n) is 34.4. The Hall–Kier alpha value is -2.98. The lowest BCUT2D eigenvalue weighted by molar-refractivity contribution is -0.220. The van der Waals surface area contributed by atoms with Crippen LogP contribution >= 0.6 is 0 Å². The van der Waals surface area contributed by atoms with Crippen molar-refractivity contribution < 1.29 is 61.8 Å². The van der Waals surface area contributed by atoms with Crippen LogP contribution in [0.5, 0.6) is 0 Å². The summed E-state index contributed by atoms with van der Waals surface area (Å²) in [5.41, 5.74) is -2.79. The molecule has 3 heterocycles. The van der Waals surface area contributed by atoms with Crippen LogP contribution < -0.4 is 0 Å². The Morgan fingerprint density at radius 3 is 2.35 bits per heavy atom. The molecule has 0 bridgehead atoms. The maximum absolute atomic E-state index is 13.7. The second-order valence-corrected chi connectivity index (χ2v) is 17.0. The molecule has 1 aliphatic carbocycles. The summed E-state index contributed by atoms with van der Waals surface area (Å²) < 4.78 is 63.4. The van der Waals surface area contributed by atoms with Gasteiger partial charge in [0, 0.05) is 50.5 Å². The van der Waals surface area contributed by atoms with E-state index in [1.54, 1.807) is 45.1 Å². The minimum atomic E-state index is -5.34. The quantitative estimate of drug-likeness (QED) is 0.0548. The van der Waals surface area contributed by atoms with E-state index in [9.17, 15) is 42.9 Å². The number of cyclic esters (lactones) is 1. The average molecular weight is 815 g/mol. The Balaban J connectivity index is 1.54. The molecule has 324 valence electrons. The highest BCUT2D eigenvalue weighted by Gasteiger charge is 2.50. The lowest BCUT2D eigenvalue weighted by Gasteiger charge is -2.40. The van der Waals surface area contributed by atoms with Gasteiger partial charge in [-0.25, -0.2) is 9.59 Å². The Labute approximate surface area is 335 Å². The van der Waals surface area contributed by atoms with E-state index in [2.05, 4.69) is 4.90 Å². The van der Waals surface area contributed by atoms with Crippen LogP contribution in [0.4, 0.5) is 18.0 Å². The number of piperazine rings is 1. The molecule has 15 heteroatoms. The van der Waals surface area contributed by atoms with E-state index in [1.807, 2.05) is 13.8 Å². The predicted octanol–water partition coefficient (Wildman–Crippen LogP) is 6.16. The highest BCUT2D eigenvalue weighted by atomic mass is 19.4.